The minimum absolute atomic E-state index is 0.0419. The van der Waals surface area contributed by atoms with Crippen LogP contribution in [-0.2, 0) is 18.9 Å². The maximum atomic E-state index is 13.7. The van der Waals surface area contributed by atoms with E-state index < -0.39 is 17.5 Å². The predicted molar refractivity (Wildman–Crippen MR) is 119 cm³/mol. The van der Waals surface area contributed by atoms with E-state index in [-0.39, 0.29) is 11.4 Å². The van der Waals surface area contributed by atoms with Gasteiger partial charge < -0.3 is 9.88 Å². The fourth-order valence-corrected chi connectivity index (χ4v) is 3.87. The maximum absolute atomic E-state index is 13.7. The number of aryl methyl sites for hydroxylation is 2. The van der Waals surface area contributed by atoms with E-state index in [9.17, 15) is 13.6 Å². The number of rotatable bonds is 6. The summed E-state index contributed by atoms with van der Waals surface area (Å²) in [5, 5.41) is 15.9. The highest BCUT2D eigenvalue weighted by Gasteiger charge is 2.19. The normalized spacial score (nSPS) is 11.0. The lowest BCUT2D eigenvalue weighted by molar-refractivity contribution is -0.113. The van der Waals surface area contributed by atoms with Crippen LogP contribution in [0.1, 0.15) is 5.56 Å². The van der Waals surface area contributed by atoms with Gasteiger partial charge in [-0.2, -0.15) is 5.10 Å². The Kier molecular flexibility index (Phi) is 6.04. The first-order valence-electron chi connectivity index (χ1n) is 9.70. The molecule has 4 aromatic rings. The van der Waals surface area contributed by atoms with Crippen molar-refractivity contribution in [3.05, 3.63) is 65.9 Å². The molecule has 0 unspecified atom stereocenters. The van der Waals surface area contributed by atoms with E-state index in [0.717, 1.165) is 52.3 Å². The van der Waals surface area contributed by atoms with Gasteiger partial charge in [0.25, 0.3) is 0 Å². The van der Waals surface area contributed by atoms with Crippen LogP contribution < -0.4 is 5.32 Å². The van der Waals surface area contributed by atoms with Crippen molar-refractivity contribution in [2.75, 3.05) is 11.1 Å². The van der Waals surface area contributed by atoms with Crippen LogP contribution in [0.15, 0.2) is 53.8 Å². The Morgan fingerprint density at radius 3 is 2.59 bits per heavy atom. The van der Waals surface area contributed by atoms with Crippen molar-refractivity contribution in [3.8, 4) is 22.6 Å². The van der Waals surface area contributed by atoms with Crippen molar-refractivity contribution in [1.29, 1.82) is 0 Å². The molecule has 10 heteroatoms. The second-order valence-corrected chi connectivity index (χ2v) is 8.20. The first-order chi connectivity index (χ1) is 15.3. The summed E-state index contributed by atoms with van der Waals surface area (Å²) in [7, 11) is 3.64. The van der Waals surface area contributed by atoms with E-state index >= 15 is 0 Å². The molecule has 0 aliphatic heterocycles. The highest BCUT2D eigenvalue weighted by Crippen LogP contribution is 2.31. The van der Waals surface area contributed by atoms with Crippen molar-refractivity contribution in [2.45, 2.75) is 12.1 Å². The van der Waals surface area contributed by atoms with Crippen LogP contribution in [-0.4, -0.2) is 36.2 Å². The fraction of sp³-hybridized carbons (Fsp3) is 0.182. The second-order valence-electron chi connectivity index (χ2n) is 7.26. The lowest BCUT2D eigenvalue weighted by Crippen LogP contribution is -2.15. The molecule has 0 fully saturated rings. The monoisotopic (exact) mass is 454 g/mol. The van der Waals surface area contributed by atoms with Gasteiger partial charge in [0.2, 0.25) is 5.91 Å². The number of carbonyl (C=O) groups excluding carboxylic acids is 1. The molecule has 0 spiro atoms. The van der Waals surface area contributed by atoms with Crippen molar-refractivity contribution in [2.24, 2.45) is 14.1 Å². The number of anilines is 1. The van der Waals surface area contributed by atoms with Gasteiger partial charge in [0.05, 0.1) is 17.0 Å². The van der Waals surface area contributed by atoms with Gasteiger partial charge in [-0.3, -0.25) is 9.48 Å². The average Bonchev–Trinajstić information content (AvgIpc) is 3.32. The highest BCUT2D eigenvalue weighted by atomic mass is 32.2. The number of halogens is 2. The predicted octanol–water partition coefficient (Wildman–Crippen LogP) is 4.20. The number of thioether (sulfide) groups is 1. The van der Waals surface area contributed by atoms with E-state index in [1.54, 1.807) is 16.3 Å². The molecule has 32 heavy (non-hydrogen) atoms. The molecule has 2 aromatic heterocycles. The summed E-state index contributed by atoms with van der Waals surface area (Å²) in [5.41, 5.74) is 3.50. The molecule has 1 N–H and O–H groups in total. The minimum atomic E-state index is -0.703. The summed E-state index contributed by atoms with van der Waals surface area (Å²) in [6.45, 7) is 2.02. The summed E-state index contributed by atoms with van der Waals surface area (Å²) in [6, 6.07) is 10.9. The topological polar surface area (TPSA) is 77.6 Å². The van der Waals surface area contributed by atoms with E-state index in [0.29, 0.717) is 11.0 Å². The zero-order valence-corrected chi connectivity index (χ0v) is 18.5. The van der Waals surface area contributed by atoms with Crippen molar-refractivity contribution in [1.82, 2.24) is 24.5 Å². The van der Waals surface area contributed by atoms with Gasteiger partial charge in [-0.05, 0) is 19.1 Å². The number of nitrogens with one attached hydrogen (secondary N) is 1. The summed E-state index contributed by atoms with van der Waals surface area (Å²) in [6.07, 6.45) is 1.87. The first-order valence-corrected chi connectivity index (χ1v) is 10.7. The van der Waals surface area contributed by atoms with Crippen LogP contribution in [0.4, 0.5) is 14.5 Å². The first kappa shape index (κ1) is 21.7. The van der Waals surface area contributed by atoms with E-state index in [4.69, 9.17) is 0 Å². The third-order valence-corrected chi connectivity index (χ3v) is 5.78. The Bertz CT molecular complexity index is 1280. The molecule has 0 aliphatic carbocycles. The largest absolute Gasteiger partial charge is 0.323 e. The number of aromatic nitrogens is 5. The number of benzene rings is 2. The zero-order valence-electron chi connectivity index (χ0n) is 17.6. The Balaban J connectivity index is 1.51. The smallest absolute Gasteiger partial charge is 0.234 e. The second kappa shape index (κ2) is 8.91. The van der Waals surface area contributed by atoms with Crippen LogP contribution in [0.3, 0.4) is 0 Å². The van der Waals surface area contributed by atoms with E-state index in [1.165, 1.54) is 0 Å². The van der Waals surface area contributed by atoms with E-state index in [1.807, 2.05) is 44.4 Å². The molecule has 1 amide bonds. The Hall–Kier alpha value is -3.53. The van der Waals surface area contributed by atoms with Gasteiger partial charge in [-0.1, -0.05) is 41.6 Å². The van der Waals surface area contributed by atoms with Gasteiger partial charge in [0, 0.05) is 31.9 Å². The molecule has 2 heterocycles. The summed E-state index contributed by atoms with van der Waals surface area (Å²) < 4.78 is 30.5. The lowest BCUT2D eigenvalue weighted by atomic mass is 10.1. The minimum Gasteiger partial charge on any atom is -0.323 e. The number of hydrogen-bond acceptors (Lipinski definition) is 5. The molecule has 0 bridgehead atoms. The lowest BCUT2D eigenvalue weighted by Gasteiger charge is -2.07. The quantitative estimate of drug-likeness (QED) is 0.442. The standard InChI is InChI=1S/C22H20F2N6OS/c1-13-4-6-14(7-5-13)20-16(11-29(2)28-20)21-26-27-22(30(21)3)32-12-19(31)25-18-10-15(23)8-9-17(18)24/h4-11H,12H2,1-3H3,(H,25,31). The summed E-state index contributed by atoms with van der Waals surface area (Å²) in [4.78, 5) is 12.2. The van der Waals surface area contributed by atoms with Gasteiger partial charge in [-0.25, -0.2) is 8.78 Å². The SMILES string of the molecule is Cc1ccc(-c2nn(C)cc2-c2nnc(SCC(=O)Nc3cc(F)ccc3F)n2C)cc1. The molecular formula is C22H20F2N6OS. The third-order valence-electron chi connectivity index (χ3n) is 4.76. The maximum Gasteiger partial charge on any atom is 0.234 e. The van der Waals surface area contributed by atoms with Crippen molar-refractivity contribution < 1.29 is 13.6 Å². The fourth-order valence-electron chi connectivity index (χ4n) is 3.16. The molecule has 2 aromatic carbocycles. The van der Waals surface area contributed by atoms with Crippen LogP contribution in [0.25, 0.3) is 22.6 Å². The highest BCUT2D eigenvalue weighted by molar-refractivity contribution is 7.99. The molecule has 0 radical (unpaired) electrons. The molecule has 0 aliphatic rings. The number of amides is 1. The van der Waals surface area contributed by atoms with Crippen LogP contribution in [0.5, 0.6) is 0 Å². The molecule has 4 rings (SSSR count). The zero-order chi connectivity index (χ0) is 22.8. The molecule has 0 saturated carbocycles. The Morgan fingerprint density at radius 2 is 1.84 bits per heavy atom. The molecule has 164 valence electrons. The van der Waals surface area contributed by atoms with Crippen molar-refractivity contribution in [3.63, 3.8) is 0 Å². The summed E-state index contributed by atoms with van der Waals surface area (Å²) >= 11 is 1.14. The van der Waals surface area contributed by atoms with Gasteiger partial charge in [0.1, 0.15) is 17.3 Å². The third kappa shape index (κ3) is 4.54. The Labute approximate surface area is 187 Å². The molecule has 0 saturated heterocycles. The average molecular weight is 455 g/mol. The van der Waals surface area contributed by atoms with Crippen LogP contribution in [0, 0.1) is 18.6 Å². The molecule has 7 nitrogen and oxygen atoms in total. The molecule has 0 atom stereocenters. The van der Waals surface area contributed by atoms with Crippen molar-refractivity contribution >= 4 is 23.4 Å². The summed E-state index contributed by atoms with van der Waals surface area (Å²) in [5.74, 6) is -1.25. The van der Waals surface area contributed by atoms with Gasteiger partial charge >= 0.3 is 0 Å². The number of nitrogens with zero attached hydrogens (tertiary/aromatic N) is 5. The molecular weight excluding hydrogens is 434 g/mol. The van der Waals surface area contributed by atoms with Crippen LogP contribution in [0.2, 0.25) is 0 Å². The van der Waals surface area contributed by atoms with E-state index in [2.05, 4.69) is 20.6 Å². The van der Waals surface area contributed by atoms with Gasteiger partial charge in [0.15, 0.2) is 11.0 Å². The number of carbonyl (C=O) groups is 1. The number of hydrogen-bond donors (Lipinski definition) is 1. The van der Waals surface area contributed by atoms with Crippen LogP contribution >= 0.6 is 11.8 Å². The van der Waals surface area contributed by atoms with Gasteiger partial charge in [-0.15, -0.1) is 10.2 Å². The Morgan fingerprint density at radius 1 is 1.09 bits per heavy atom.